The van der Waals surface area contributed by atoms with Gasteiger partial charge in [-0.3, -0.25) is 0 Å². The van der Waals surface area contributed by atoms with Crippen LogP contribution in [-0.2, 0) is 0 Å². The van der Waals surface area contributed by atoms with Crippen molar-refractivity contribution in [3.05, 3.63) is 117 Å². The fourth-order valence-electron chi connectivity index (χ4n) is 3.54. The quantitative estimate of drug-likeness (QED) is 0.443. The smallest absolute Gasteiger partial charge is 0.344 e. The molecule has 0 fully saturated rings. The molecule has 1 atom stereocenters. The molecule has 1 heterocycles. The van der Waals surface area contributed by atoms with Crippen molar-refractivity contribution in [3.63, 3.8) is 0 Å². The lowest BCUT2D eigenvalue weighted by Crippen LogP contribution is -2.13. The van der Waals surface area contributed by atoms with E-state index in [0.29, 0.717) is 11.0 Å². The van der Waals surface area contributed by atoms with E-state index in [1.807, 2.05) is 92.7 Å². The van der Waals surface area contributed by atoms with Crippen LogP contribution in [0.2, 0.25) is 0 Å². The minimum Gasteiger partial charge on any atom is -0.507 e. The summed E-state index contributed by atoms with van der Waals surface area (Å²) in [5.41, 5.74) is 4.09. The summed E-state index contributed by atoms with van der Waals surface area (Å²) in [7, 11) is 0. The van der Waals surface area contributed by atoms with Gasteiger partial charge in [-0.05, 0) is 48.2 Å². The fraction of sp³-hybridized carbons (Fsp3) is 0.115. The summed E-state index contributed by atoms with van der Waals surface area (Å²) in [6.07, 6.45) is 3.89. The molecule has 1 unspecified atom stereocenters. The van der Waals surface area contributed by atoms with Crippen molar-refractivity contribution >= 4 is 17.0 Å². The van der Waals surface area contributed by atoms with Gasteiger partial charge in [0.15, 0.2) is 0 Å². The number of allylic oxidation sites excluding steroid dienone is 1. The molecule has 1 N–H and O–H groups in total. The van der Waals surface area contributed by atoms with E-state index < -0.39 is 11.5 Å². The third-order valence-electron chi connectivity index (χ3n) is 5.28. The molecule has 0 aliphatic rings. The van der Waals surface area contributed by atoms with E-state index in [9.17, 15) is 9.90 Å². The molecule has 0 aliphatic heterocycles. The SMILES string of the molecule is Cc1cc2oc(=O)c(C(/C=C/c3ccccc3)c3ccccc3)c(O)c2cc1C. The van der Waals surface area contributed by atoms with Gasteiger partial charge in [0.1, 0.15) is 11.3 Å². The first kappa shape index (κ1) is 18.8. The predicted octanol–water partition coefficient (Wildman–Crippen LogP) is 5.96. The van der Waals surface area contributed by atoms with Crippen LogP contribution in [0.15, 0.2) is 88.1 Å². The molecule has 0 saturated carbocycles. The van der Waals surface area contributed by atoms with Crippen molar-refractivity contribution in [2.24, 2.45) is 0 Å². The molecule has 4 aromatic rings. The number of benzene rings is 3. The number of rotatable bonds is 4. The van der Waals surface area contributed by atoms with Crippen molar-refractivity contribution in [2.45, 2.75) is 19.8 Å². The molecular formula is C26H22O3. The van der Waals surface area contributed by atoms with Gasteiger partial charge in [-0.2, -0.15) is 0 Å². The Kier molecular flexibility index (Phi) is 5.05. The van der Waals surface area contributed by atoms with E-state index in [1.54, 1.807) is 6.07 Å². The zero-order chi connectivity index (χ0) is 20.4. The molecule has 144 valence electrons. The Bertz CT molecular complexity index is 1240. The summed E-state index contributed by atoms with van der Waals surface area (Å²) >= 11 is 0. The Morgan fingerprint density at radius 2 is 1.52 bits per heavy atom. The topological polar surface area (TPSA) is 50.4 Å². The highest BCUT2D eigenvalue weighted by molar-refractivity contribution is 5.86. The average Bonchev–Trinajstić information content (AvgIpc) is 2.73. The Hall–Kier alpha value is -3.59. The van der Waals surface area contributed by atoms with E-state index in [-0.39, 0.29) is 11.3 Å². The zero-order valence-corrected chi connectivity index (χ0v) is 16.4. The molecule has 0 bridgehead atoms. The summed E-state index contributed by atoms with van der Waals surface area (Å²) in [6, 6.07) is 23.2. The van der Waals surface area contributed by atoms with E-state index in [2.05, 4.69) is 0 Å². The van der Waals surface area contributed by atoms with Gasteiger partial charge < -0.3 is 9.52 Å². The molecule has 1 aromatic heterocycles. The highest BCUT2D eigenvalue weighted by atomic mass is 16.4. The van der Waals surface area contributed by atoms with Crippen LogP contribution in [0.5, 0.6) is 5.75 Å². The lowest BCUT2D eigenvalue weighted by molar-refractivity contribution is 0.456. The van der Waals surface area contributed by atoms with Crippen LogP contribution in [0.25, 0.3) is 17.0 Å². The Morgan fingerprint density at radius 3 is 2.21 bits per heavy atom. The lowest BCUT2D eigenvalue weighted by Gasteiger charge is -2.16. The first-order valence-corrected chi connectivity index (χ1v) is 9.59. The number of aromatic hydroxyl groups is 1. The third-order valence-corrected chi connectivity index (χ3v) is 5.28. The van der Waals surface area contributed by atoms with Gasteiger partial charge in [0, 0.05) is 5.92 Å². The van der Waals surface area contributed by atoms with Crippen LogP contribution in [0.1, 0.15) is 33.7 Å². The highest BCUT2D eigenvalue weighted by Gasteiger charge is 2.23. The standard InChI is InChI=1S/C26H22O3/c1-17-15-22-23(16-18(17)2)29-26(28)24(25(22)27)21(20-11-7-4-8-12-20)14-13-19-9-5-3-6-10-19/h3-16,21,27H,1-2H3/b14-13+. The lowest BCUT2D eigenvalue weighted by atomic mass is 9.89. The number of hydrogen-bond acceptors (Lipinski definition) is 3. The Labute approximate surface area is 169 Å². The van der Waals surface area contributed by atoms with Crippen LogP contribution in [0, 0.1) is 13.8 Å². The van der Waals surface area contributed by atoms with E-state index in [0.717, 1.165) is 22.3 Å². The molecular weight excluding hydrogens is 360 g/mol. The van der Waals surface area contributed by atoms with Gasteiger partial charge in [0.05, 0.1) is 10.9 Å². The maximum absolute atomic E-state index is 12.9. The minimum atomic E-state index is -0.523. The van der Waals surface area contributed by atoms with Crippen LogP contribution in [0.3, 0.4) is 0 Å². The van der Waals surface area contributed by atoms with Gasteiger partial charge >= 0.3 is 5.63 Å². The van der Waals surface area contributed by atoms with Crippen molar-refractivity contribution in [2.75, 3.05) is 0 Å². The van der Waals surface area contributed by atoms with Gasteiger partial charge in [0.25, 0.3) is 0 Å². The van der Waals surface area contributed by atoms with Gasteiger partial charge in [0.2, 0.25) is 0 Å². The summed E-state index contributed by atoms with van der Waals surface area (Å²) in [5.74, 6) is -0.454. The summed E-state index contributed by atoms with van der Waals surface area (Å²) in [4.78, 5) is 12.9. The second kappa shape index (κ2) is 7.80. The summed E-state index contributed by atoms with van der Waals surface area (Å²) in [5, 5.41) is 11.6. The molecule has 0 aliphatic carbocycles. The van der Waals surface area contributed by atoms with Crippen LogP contribution < -0.4 is 5.63 Å². The van der Waals surface area contributed by atoms with Crippen molar-refractivity contribution in [3.8, 4) is 5.75 Å². The largest absolute Gasteiger partial charge is 0.507 e. The van der Waals surface area contributed by atoms with Crippen LogP contribution in [-0.4, -0.2) is 5.11 Å². The normalized spacial score (nSPS) is 12.5. The molecule has 0 amide bonds. The Balaban J connectivity index is 1.93. The van der Waals surface area contributed by atoms with Gasteiger partial charge in [-0.1, -0.05) is 72.8 Å². The van der Waals surface area contributed by atoms with E-state index in [4.69, 9.17) is 4.42 Å². The first-order chi connectivity index (χ1) is 14.0. The molecule has 29 heavy (non-hydrogen) atoms. The number of fused-ring (bicyclic) bond motifs is 1. The van der Waals surface area contributed by atoms with Crippen molar-refractivity contribution < 1.29 is 9.52 Å². The molecule has 0 radical (unpaired) electrons. The summed E-state index contributed by atoms with van der Waals surface area (Å²) < 4.78 is 5.61. The third kappa shape index (κ3) is 3.72. The maximum Gasteiger partial charge on any atom is 0.344 e. The minimum absolute atomic E-state index is 0.0223. The molecule has 0 spiro atoms. The number of aryl methyl sites for hydroxylation is 2. The van der Waals surface area contributed by atoms with E-state index in [1.165, 1.54) is 0 Å². The van der Waals surface area contributed by atoms with Gasteiger partial charge in [-0.25, -0.2) is 4.79 Å². The van der Waals surface area contributed by atoms with Gasteiger partial charge in [-0.15, -0.1) is 0 Å². The molecule has 3 aromatic carbocycles. The average molecular weight is 382 g/mol. The molecule has 3 heteroatoms. The molecule has 4 rings (SSSR count). The van der Waals surface area contributed by atoms with Crippen molar-refractivity contribution in [1.29, 1.82) is 0 Å². The molecule has 0 saturated heterocycles. The second-order valence-electron chi connectivity index (χ2n) is 7.24. The fourth-order valence-corrected chi connectivity index (χ4v) is 3.54. The number of hydrogen-bond donors (Lipinski definition) is 1. The van der Waals surface area contributed by atoms with Crippen LogP contribution >= 0.6 is 0 Å². The monoisotopic (exact) mass is 382 g/mol. The highest BCUT2D eigenvalue weighted by Crippen LogP contribution is 2.36. The van der Waals surface area contributed by atoms with Crippen molar-refractivity contribution in [1.82, 2.24) is 0 Å². The summed E-state index contributed by atoms with van der Waals surface area (Å²) in [6.45, 7) is 3.93. The molecule has 3 nitrogen and oxygen atoms in total. The first-order valence-electron chi connectivity index (χ1n) is 9.59. The second-order valence-corrected chi connectivity index (χ2v) is 7.24. The van der Waals surface area contributed by atoms with Crippen LogP contribution in [0.4, 0.5) is 0 Å². The maximum atomic E-state index is 12.9. The predicted molar refractivity (Wildman–Crippen MR) is 117 cm³/mol. The Morgan fingerprint density at radius 1 is 0.897 bits per heavy atom. The van der Waals surface area contributed by atoms with E-state index >= 15 is 0 Å². The zero-order valence-electron chi connectivity index (χ0n) is 16.4.